The molecular weight excluding hydrogens is 355 g/mol. The Morgan fingerprint density at radius 1 is 1.00 bits per heavy atom. The van der Waals surface area contributed by atoms with Crippen molar-refractivity contribution in [2.24, 2.45) is 11.8 Å². The summed E-state index contributed by atoms with van der Waals surface area (Å²) in [7, 11) is 0. The van der Waals surface area contributed by atoms with E-state index in [1.165, 1.54) is 50.2 Å². The minimum Gasteiger partial charge on any atom is -0.206 e. The summed E-state index contributed by atoms with van der Waals surface area (Å²) in [4.78, 5) is 0. The molecule has 1 aliphatic carbocycles. The second-order valence-electron chi connectivity index (χ2n) is 7.52. The van der Waals surface area contributed by atoms with Crippen molar-refractivity contribution in [3.63, 3.8) is 0 Å². The predicted molar refractivity (Wildman–Crippen MR) is 112 cm³/mol. The molecule has 1 fully saturated rings. The van der Waals surface area contributed by atoms with E-state index in [2.05, 4.69) is 36.6 Å². The number of hydrogen-bond donors (Lipinski definition) is 0. The van der Waals surface area contributed by atoms with Gasteiger partial charge < -0.3 is 0 Å². The highest BCUT2D eigenvalue weighted by molar-refractivity contribution is 6.30. The Hall–Kier alpha value is -2.04. The van der Waals surface area contributed by atoms with Gasteiger partial charge in [-0.2, -0.15) is 0 Å². The van der Waals surface area contributed by atoms with E-state index < -0.39 is 0 Å². The number of rotatable bonds is 5. The summed E-state index contributed by atoms with van der Waals surface area (Å²) in [6, 6.07) is 12.9. The Labute approximate surface area is 167 Å². The Balaban J connectivity index is 1.51. The Kier molecular flexibility index (Phi) is 7.13. The number of benzene rings is 2. The van der Waals surface area contributed by atoms with Gasteiger partial charge >= 0.3 is 0 Å². The molecule has 0 aromatic heterocycles. The van der Waals surface area contributed by atoms with E-state index in [-0.39, 0.29) is 5.82 Å². The molecule has 2 aromatic rings. The Morgan fingerprint density at radius 2 is 1.70 bits per heavy atom. The molecule has 0 spiro atoms. The number of aryl methyl sites for hydroxylation is 1. The molecule has 0 heterocycles. The largest absolute Gasteiger partial charge is 0.206 e. The zero-order valence-electron chi connectivity index (χ0n) is 15.7. The van der Waals surface area contributed by atoms with E-state index in [4.69, 9.17) is 11.6 Å². The molecule has 0 amide bonds. The molecule has 2 heteroatoms. The van der Waals surface area contributed by atoms with Gasteiger partial charge in [-0.15, -0.1) is 6.58 Å². The van der Waals surface area contributed by atoms with Gasteiger partial charge in [-0.05, 0) is 79.8 Å². The van der Waals surface area contributed by atoms with Crippen molar-refractivity contribution in [3.05, 3.63) is 82.6 Å². The first-order valence-corrected chi connectivity index (χ1v) is 10.2. The van der Waals surface area contributed by atoms with Crippen LogP contribution < -0.4 is 0 Å². The maximum Gasteiger partial charge on any atom is 0.140 e. The first kappa shape index (κ1) is 19.7. The van der Waals surface area contributed by atoms with Crippen LogP contribution in [0, 0.1) is 29.5 Å². The van der Waals surface area contributed by atoms with Crippen LogP contribution in [0.15, 0.2) is 55.1 Å². The highest BCUT2D eigenvalue weighted by Gasteiger charge is 2.19. The SMILES string of the molecule is C=CCC1CCC(CCc2ccc(C#Cc3ccc(Cl)cc3F)cc2)CC1. The van der Waals surface area contributed by atoms with E-state index in [0.717, 1.165) is 23.8 Å². The Bertz CT molecular complexity index is 818. The van der Waals surface area contributed by atoms with Crippen molar-refractivity contribution in [1.29, 1.82) is 0 Å². The first-order valence-electron chi connectivity index (χ1n) is 9.81. The van der Waals surface area contributed by atoms with E-state index in [9.17, 15) is 4.39 Å². The Morgan fingerprint density at radius 3 is 2.37 bits per heavy atom. The summed E-state index contributed by atoms with van der Waals surface area (Å²) in [6.45, 7) is 3.86. The molecule has 1 saturated carbocycles. The molecule has 27 heavy (non-hydrogen) atoms. The fraction of sp³-hybridized carbons (Fsp3) is 0.360. The van der Waals surface area contributed by atoms with Gasteiger partial charge in [0.25, 0.3) is 0 Å². The van der Waals surface area contributed by atoms with Crippen LogP contribution in [0.3, 0.4) is 0 Å². The highest BCUT2D eigenvalue weighted by Crippen LogP contribution is 2.33. The van der Waals surface area contributed by atoms with Crippen LogP contribution >= 0.6 is 11.6 Å². The molecule has 2 aromatic carbocycles. The lowest BCUT2D eigenvalue weighted by molar-refractivity contribution is 0.265. The summed E-state index contributed by atoms with van der Waals surface area (Å²) in [5.74, 6) is 7.26. The van der Waals surface area contributed by atoms with Gasteiger partial charge in [0.15, 0.2) is 0 Å². The molecule has 0 atom stereocenters. The van der Waals surface area contributed by atoms with Gasteiger partial charge in [0.1, 0.15) is 5.82 Å². The number of allylic oxidation sites excluding steroid dienone is 1. The van der Waals surface area contributed by atoms with Gasteiger partial charge in [-0.3, -0.25) is 0 Å². The van der Waals surface area contributed by atoms with Gasteiger partial charge in [0.05, 0.1) is 5.56 Å². The minimum absolute atomic E-state index is 0.371. The lowest BCUT2D eigenvalue weighted by Gasteiger charge is -2.27. The molecule has 0 N–H and O–H groups in total. The molecule has 0 aliphatic heterocycles. The van der Waals surface area contributed by atoms with Crippen LogP contribution in [-0.4, -0.2) is 0 Å². The molecule has 0 saturated heterocycles. The van der Waals surface area contributed by atoms with E-state index >= 15 is 0 Å². The second-order valence-corrected chi connectivity index (χ2v) is 7.96. The van der Waals surface area contributed by atoms with Gasteiger partial charge in [0.2, 0.25) is 0 Å². The summed E-state index contributed by atoms with van der Waals surface area (Å²) >= 11 is 5.77. The first-order chi connectivity index (χ1) is 13.1. The van der Waals surface area contributed by atoms with Crippen molar-refractivity contribution in [2.75, 3.05) is 0 Å². The maximum atomic E-state index is 13.8. The quantitative estimate of drug-likeness (QED) is 0.380. The van der Waals surface area contributed by atoms with E-state index in [0.29, 0.717) is 10.6 Å². The molecule has 0 radical (unpaired) electrons. The van der Waals surface area contributed by atoms with Crippen LogP contribution in [0.25, 0.3) is 0 Å². The van der Waals surface area contributed by atoms with E-state index in [1.54, 1.807) is 12.1 Å². The van der Waals surface area contributed by atoms with Crippen LogP contribution in [0.5, 0.6) is 0 Å². The van der Waals surface area contributed by atoms with Gasteiger partial charge in [0, 0.05) is 10.6 Å². The average molecular weight is 381 g/mol. The van der Waals surface area contributed by atoms with Crippen molar-refractivity contribution >= 4 is 11.6 Å². The van der Waals surface area contributed by atoms with Gasteiger partial charge in [-0.1, -0.05) is 54.5 Å². The average Bonchev–Trinajstić information content (AvgIpc) is 2.68. The minimum atomic E-state index is -0.380. The third-order valence-electron chi connectivity index (χ3n) is 5.53. The third-order valence-corrected chi connectivity index (χ3v) is 5.77. The summed E-state index contributed by atoms with van der Waals surface area (Å²) < 4.78 is 13.8. The normalized spacial score (nSPS) is 19.2. The predicted octanol–water partition coefficient (Wildman–Crippen LogP) is 7.19. The summed E-state index contributed by atoms with van der Waals surface area (Å²) in [6.07, 6.45) is 11.0. The topological polar surface area (TPSA) is 0 Å². The summed E-state index contributed by atoms with van der Waals surface area (Å²) in [5.41, 5.74) is 2.63. The lowest BCUT2D eigenvalue weighted by Crippen LogP contribution is -2.14. The smallest absolute Gasteiger partial charge is 0.140 e. The molecule has 1 aliphatic rings. The second kappa shape index (κ2) is 9.77. The van der Waals surface area contributed by atoms with Crippen molar-refractivity contribution in [3.8, 4) is 11.8 Å². The molecule has 3 rings (SSSR count). The third kappa shape index (κ3) is 5.98. The number of hydrogen-bond acceptors (Lipinski definition) is 0. The van der Waals surface area contributed by atoms with Crippen LogP contribution in [0.2, 0.25) is 5.02 Å². The number of halogens is 2. The molecule has 140 valence electrons. The lowest BCUT2D eigenvalue weighted by atomic mass is 9.78. The maximum absolute atomic E-state index is 13.8. The molecule has 0 bridgehead atoms. The zero-order valence-corrected chi connectivity index (χ0v) is 16.4. The molecule has 0 unspecified atom stereocenters. The van der Waals surface area contributed by atoms with Crippen LogP contribution in [0.1, 0.15) is 55.2 Å². The fourth-order valence-electron chi connectivity index (χ4n) is 3.85. The standard InChI is InChI=1S/C25H26ClF/c1-2-3-19-4-6-20(7-5-19)8-9-21-10-12-22(13-11-21)14-15-23-16-17-24(26)18-25(23)27/h2,10-13,16-20H,1,3-9H2. The van der Waals surface area contributed by atoms with Gasteiger partial charge in [-0.25, -0.2) is 4.39 Å². The highest BCUT2D eigenvalue weighted by atomic mass is 35.5. The summed E-state index contributed by atoms with van der Waals surface area (Å²) in [5, 5.41) is 0.386. The van der Waals surface area contributed by atoms with Crippen LogP contribution in [0.4, 0.5) is 4.39 Å². The van der Waals surface area contributed by atoms with Crippen LogP contribution in [-0.2, 0) is 6.42 Å². The molecular formula is C25H26ClF. The zero-order chi connectivity index (χ0) is 19.1. The van der Waals surface area contributed by atoms with Crippen molar-refractivity contribution < 1.29 is 4.39 Å². The monoisotopic (exact) mass is 380 g/mol. The fourth-order valence-corrected chi connectivity index (χ4v) is 4.01. The van der Waals surface area contributed by atoms with Crippen molar-refractivity contribution in [1.82, 2.24) is 0 Å². The van der Waals surface area contributed by atoms with E-state index in [1.807, 2.05) is 12.1 Å². The molecule has 0 nitrogen and oxygen atoms in total. The van der Waals surface area contributed by atoms with Crippen molar-refractivity contribution in [2.45, 2.75) is 44.9 Å².